The fourth-order valence-electron chi connectivity index (χ4n) is 3.11. The van der Waals surface area contributed by atoms with E-state index in [0.717, 1.165) is 17.0 Å². The maximum atomic E-state index is 12.4. The van der Waals surface area contributed by atoms with Gasteiger partial charge in [-0.15, -0.1) is 0 Å². The summed E-state index contributed by atoms with van der Waals surface area (Å²) in [4.78, 5) is 16.7. The SMILES string of the molecule is Cc1nccn1C1(c2ccccc2)OC(=O)c2ccccc21. The molecule has 2 heterocycles. The van der Waals surface area contributed by atoms with E-state index in [9.17, 15) is 4.79 Å². The molecule has 4 nitrogen and oxygen atoms in total. The minimum atomic E-state index is -0.991. The molecule has 1 unspecified atom stereocenters. The van der Waals surface area contributed by atoms with E-state index < -0.39 is 5.72 Å². The monoisotopic (exact) mass is 290 g/mol. The summed E-state index contributed by atoms with van der Waals surface area (Å²) in [5.74, 6) is 0.473. The third kappa shape index (κ3) is 1.58. The molecule has 0 aliphatic carbocycles. The molecule has 2 aromatic carbocycles. The van der Waals surface area contributed by atoms with Gasteiger partial charge in [-0.3, -0.25) is 4.57 Å². The Bertz CT molecular complexity index is 854. The largest absolute Gasteiger partial charge is 0.426 e. The number of ether oxygens (including phenoxy) is 1. The zero-order valence-electron chi connectivity index (χ0n) is 12.1. The summed E-state index contributed by atoms with van der Waals surface area (Å²) >= 11 is 0. The predicted octanol–water partition coefficient (Wildman–Crippen LogP) is 3.11. The smallest absolute Gasteiger partial charge is 0.341 e. The fraction of sp³-hybridized carbons (Fsp3) is 0.111. The number of carbonyl (C=O) groups excluding carboxylic acids is 1. The van der Waals surface area contributed by atoms with E-state index in [-0.39, 0.29) is 5.97 Å². The number of hydrogen-bond acceptors (Lipinski definition) is 3. The molecule has 1 atom stereocenters. The lowest BCUT2D eigenvalue weighted by Gasteiger charge is -2.31. The first-order valence-corrected chi connectivity index (χ1v) is 7.12. The fourth-order valence-corrected chi connectivity index (χ4v) is 3.11. The summed E-state index contributed by atoms with van der Waals surface area (Å²) in [6.45, 7) is 1.90. The Labute approximate surface area is 128 Å². The van der Waals surface area contributed by atoms with E-state index >= 15 is 0 Å². The third-order valence-corrected chi connectivity index (χ3v) is 4.08. The van der Waals surface area contributed by atoms with Gasteiger partial charge in [-0.25, -0.2) is 9.78 Å². The second-order valence-electron chi connectivity index (χ2n) is 5.29. The van der Waals surface area contributed by atoms with Crippen molar-refractivity contribution in [3.63, 3.8) is 0 Å². The number of cyclic esters (lactones) is 1. The summed E-state index contributed by atoms with van der Waals surface area (Å²) in [6, 6.07) is 17.3. The van der Waals surface area contributed by atoms with Crippen LogP contribution in [0, 0.1) is 6.92 Å². The van der Waals surface area contributed by atoms with Crippen LogP contribution in [0.2, 0.25) is 0 Å². The van der Waals surface area contributed by atoms with E-state index in [4.69, 9.17) is 4.74 Å². The maximum absolute atomic E-state index is 12.4. The van der Waals surface area contributed by atoms with Gasteiger partial charge < -0.3 is 4.74 Å². The van der Waals surface area contributed by atoms with Crippen LogP contribution in [0.1, 0.15) is 27.3 Å². The van der Waals surface area contributed by atoms with Crippen LogP contribution in [0.5, 0.6) is 0 Å². The standard InChI is InChI=1S/C18H14N2O2/c1-13-19-11-12-20(13)18(14-7-3-2-4-8-14)16-10-6-5-9-15(16)17(21)22-18/h2-12H,1H3. The molecule has 1 aromatic heterocycles. The van der Waals surface area contributed by atoms with Gasteiger partial charge in [0, 0.05) is 23.5 Å². The van der Waals surface area contributed by atoms with E-state index in [1.165, 1.54) is 0 Å². The van der Waals surface area contributed by atoms with Gasteiger partial charge in [-0.05, 0) is 13.0 Å². The number of aromatic nitrogens is 2. The molecular formula is C18H14N2O2. The van der Waals surface area contributed by atoms with Crippen molar-refractivity contribution in [1.29, 1.82) is 0 Å². The zero-order chi connectivity index (χ0) is 15.2. The molecule has 0 radical (unpaired) electrons. The Morgan fingerprint density at radius 3 is 2.50 bits per heavy atom. The first-order valence-electron chi connectivity index (χ1n) is 7.12. The van der Waals surface area contributed by atoms with Crippen LogP contribution < -0.4 is 0 Å². The van der Waals surface area contributed by atoms with Gasteiger partial charge >= 0.3 is 5.97 Å². The highest BCUT2D eigenvalue weighted by molar-refractivity contribution is 5.95. The van der Waals surface area contributed by atoms with Crippen LogP contribution in [-0.4, -0.2) is 15.5 Å². The van der Waals surface area contributed by atoms with Crippen molar-refractivity contribution in [2.75, 3.05) is 0 Å². The second-order valence-corrected chi connectivity index (χ2v) is 5.29. The molecule has 0 saturated heterocycles. The molecule has 108 valence electrons. The first kappa shape index (κ1) is 12.8. The van der Waals surface area contributed by atoms with Gasteiger partial charge in [0.2, 0.25) is 5.72 Å². The van der Waals surface area contributed by atoms with E-state index in [0.29, 0.717) is 5.56 Å². The third-order valence-electron chi connectivity index (χ3n) is 4.08. The molecule has 0 saturated carbocycles. The summed E-state index contributed by atoms with van der Waals surface area (Å²) < 4.78 is 7.82. The van der Waals surface area contributed by atoms with Crippen LogP contribution in [0.3, 0.4) is 0 Å². The van der Waals surface area contributed by atoms with Crippen molar-refractivity contribution >= 4 is 5.97 Å². The Morgan fingerprint density at radius 2 is 1.77 bits per heavy atom. The van der Waals surface area contributed by atoms with Crippen molar-refractivity contribution in [3.8, 4) is 0 Å². The summed E-state index contributed by atoms with van der Waals surface area (Å²) in [7, 11) is 0. The Balaban J connectivity index is 2.09. The average Bonchev–Trinajstić information content (AvgIpc) is 3.11. The Hall–Kier alpha value is -2.88. The molecule has 4 heteroatoms. The van der Waals surface area contributed by atoms with Gasteiger partial charge in [0.05, 0.1) is 5.56 Å². The predicted molar refractivity (Wildman–Crippen MR) is 81.4 cm³/mol. The first-order chi connectivity index (χ1) is 10.7. The minimum absolute atomic E-state index is 0.312. The number of esters is 1. The zero-order valence-corrected chi connectivity index (χ0v) is 12.1. The quantitative estimate of drug-likeness (QED) is 0.681. The van der Waals surface area contributed by atoms with Crippen molar-refractivity contribution in [1.82, 2.24) is 9.55 Å². The molecule has 4 rings (SSSR count). The second kappa shape index (κ2) is 4.56. The van der Waals surface area contributed by atoms with Gasteiger partial charge in [0.15, 0.2) is 0 Å². The van der Waals surface area contributed by atoms with Gasteiger partial charge in [0.1, 0.15) is 5.82 Å². The number of benzene rings is 2. The van der Waals surface area contributed by atoms with Crippen molar-refractivity contribution in [2.24, 2.45) is 0 Å². The lowest BCUT2D eigenvalue weighted by molar-refractivity contribution is -0.00335. The van der Waals surface area contributed by atoms with Crippen molar-refractivity contribution in [2.45, 2.75) is 12.6 Å². The summed E-state index contributed by atoms with van der Waals surface area (Å²) in [6.07, 6.45) is 3.56. The van der Waals surface area contributed by atoms with E-state index in [1.54, 1.807) is 12.3 Å². The number of rotatable bonds is 2. The molecule has 1 aliphatic rings. The van der Waals surface area contributed by atoms with Crippen LogP contribution in [-0.2, 0) is 10.5 Å². The summed E-state index contributed by atoms with van der Waals surface area (Å²) in [5.41, 5.74) is 1.34. The van der Waals surface area contributed by atoms with Crippen LogP contribution in [0.25, 0.3) is 0 Å². The Kier molecular flexibility index (Phi) is 2.66. The van der Waals surface area contributed by atoms with Crippen LogP contribution in [0.15, 0.2) is 67.0 Å². The Morgan fingerprint density at radius 1 is 1.05 bits per heavy atom. The number of hydrogen-bond donors (Lipinski definition) is 0. The average molecular weight is 290 g/mol. The van der Waals surface area contributed by atoms with Crippen molar-refractivity contribution < 1.29 is 9.53 Å². The maximum Gasteiger partial charge on any atom is 0.341 e. The van der Waals surface area contributed by atoms with E-state index in [1.807, 2.05) is 66.2 Å². The molecular weight excluding hydrogens is 276 g/mol. The molecule has 0 N–H and O–H groups in total. The lowest BCUT2D eigenvalue weighted by Crippen LogP contribution is -2.36. The van der Waals surface area contributed by atoms with E-state index in [2.05, 4.69) is 4.98 Å². The molecule has 0 fully saturated rings. The lowest BCUT2D eigenvalue weighted by atomic mass is 9.92. The number of aryl methyl sites for hydroxylation is 1. The number of fused-ring (bicyclic) bond motifs is 1. The van der Waals surface area contributed by atoms with Crippen molar-refractivity contribution in [3.05, 3.63) is 89.5 Å². The highest BCUT2D eigenvalue weighted by Crippen LogP contribution is 2.43. The van der Waals surface area contributed by atoms with Crippen LogP contribution in [0.4, 0.5) is 0 Å². The number of nitrogens with zero attached hydrogens (tertiary/aromatic N) is 2. The topological polar surface area (TPSA) is 44.1 Å². The normalized spacial score (nSPS) is 19.8. The summed E-state index contributed by atoms with van der Waals surface area (Å²) in [5, 5.41) is 0. The molecule has 22 heavy (non-hydrogen) atoms. The van der Waals surface area contributed by atoms with Gasteiger partial charge in [0.25, 0.3) is 0 Å². The van der Waals surface area contributed by atoms with Gasteiger partial charge in [-0.2, -0.15) is 0 Å². The van der Waals surface area contributed by atoms with Gasteiger partial charge in [-0.1, -0.05) is 48.5 Å². The van der Waals surface area contributed by atoms with Crippen LogP contribution >= 0.6 is 0 Å². The molecule has 0 spiro atoms. The molecule has 3 aromatic rings. The highest BCUT2D eigenvalue weighted by Gasteiger charge is 2.49. The minimum Gasteiger partial charge on any atom is -0.426 e. The number of carbonyl (C=O) groups is 1. The molecule has 1 aliphatic heterocycles. The molecule has 0 amide bonds. The molecule has 0 bridgehead atoms. The number of imidazole rings is 1. The highest BCUT2D eigenvalue weighted by atomic mass is 16.6.